The average Bonchev–Trinajstić information content (AvgIpc) is 3.06. The molecular weight excluding hydrogens is 381 g/mol. The van der Waals surface area contributed by atoms with Crippen LogP contribution in [0.25, 0.3) is 0 Å². The molecule has 0 amide bonds. The summed E-state index contributed by atoms with van der Waals surface area (Å²) in [7, 11) is -3.36. The average molecular weight is 407 g/mol. The van der Waals surface area contributed by atoms with Crippen LogP contribution in [0.4, 0.5) is 0 Å². The summed E-state index contributed by atoms with van der Waals surface area (Å²) in [5.41, 5.74) is 1.02. The maximum atomic E-state index is 14.3. The molecular formula is C24H26NO3P. The van der Waals surface area contributed by atoms with E-state index < -0.39 is 19.2 Å². The fraction of sp³-hybridized carbons (Fsp3) is 0.250. The predicted octanol–water partition coefficient (Wildman–Crippen LogP) is 4.85. The van der Waals surface area contributed by atoms with Gasteiger partial charge in [0.1, 0.15) is 6.10 Å². The van der Waals surface area contributed by atoms with Crippen molar-refractivity contribution >= 4 is 12.8 Å². The molecule has 0 aliphatic carbocycles. The molecule has 0 aromatic heterocycles. The van der Waals surface area contributed by atoms with Gasteiger partial charge in [0.2, 0.25) is 0 Å². The summed E-state index contributed by atoms with van der Waals surface area (Å²) in [5, 5.41) is 12.3. The number of aliphatic hydroxyl groups excluding tert-OH is 1. The van der Waals surface area contributed by atoms with Crippen LogP contribution in [0.3, 0.4) is 0 Å². The Kier molecular flexibility index (Phi) is 5.46. The van der Waals surface area contributed by atoms with E-state index >= 15 is 0 Å². The van der Waals surface area contributed by atoms with Gasteiger partial charge in [-0.05, 0) is 17.2 Å². The molecule has 0 bridgehead atoms. The molecule has 0 fully saturated rings. The van der Waals surface area contributed by atoms with E-state index in [9.17, 15) is 9.67 Å². The Labute approximate surface area is 172 Å². The quantitative estimate of drug-likeness (QED) is 0.593. The largest absolute Gasteiger partial charge is 0.385 e. The summed E-state index contributed by atoms with van der Waals surface area (Å²) in [6.45, 7) is 5.14. The van der Waals surface area contributed by atoms with Gasteiger partial charge in [0.15, 0.2) is 5.60 Å². The van der Waals surface area contributed by atoms with E-state index in [0.29, 0.717) is 18.4 Å². The van der Waals surface area contributed by atoms with Gasteiger partial charge in [-0.1, -0.05) is 92.7 Å². The van der Waals surface area contributed by atoms with Crippen molar-refractivity contribution in [3.8, 4) is 0 Å². The van der Waals surface area contributed by atoms with Gasteiger partial charge in [-0.25, -0.2) is 4.67 Å². The van der Waals surface area contributed by atoms with Crippen LogP contribution in [0.1, 0.15) is 36.6 Å². The number of aliphatic hydroxyl groups is 1. The molecule has 0 spiro atoms. The maximum absolute atomic E-state index is 14.3. The molecule has 0 saturated carbocycles. The highest BCUT2D eigenvalue weighted by atomic mass is 31.2. The van der Waals surface area contributed by atoms with Gasteiger partial charge in [0.25, 0.3) is 0 Å². The summed E-state index contributed by atoms with van der Waals surface area (Å²) < 4.78 is 22.8. The molecule has 4 nitrogen and oxygen atoms in total. The predicted molar refractivity (Wildman–Crippen MR) is 116 cm³/mol. The van der Waals surface area contributed by atoms with Gasteiger partial charge < -0.3 is 5.11 Å². The van der Waals surface area contributed by atoms with Gasteiger partial charge in [0, 0.05) is 18.7 Å². The van der Waals surface area contributed by atoms with Crippen molar-refractivity contribution in [3.63, 3.8) is 0 Å². The van der Waals surface area contributed by atoms with Crippen LogP contribution >= 0.6 is 7.52 Å². The first-order valence-corrected chi connectivity index (χ1v) is 11.6. The fourth-order valence-electron chi connectivity index (χ4n) is 4.25. The van der Waals surface area contributed by atoms with E-state index in [1.165, 1.54) is 0 Å². The Balaban J connectivity index is 2.01. The van der Waals surface area contributed by atoms with Crippen molar-refractivity contribution in [3.05, 3.63) is 102 Å². The first kappa shape index (κ1) is 20.1. The first-order valence-electron chi connectivity index (χ1n) is 10.0. The zero-order valence-electron chi connectivity index (χ0n) is 16.7. The molecule has 3 atom stereocenters. The van der Waals surface area contributed by atoms with Crippen LogP contribution in [-0.2, 0) is 14.7 Å². The molecule has 3 aromatic rings. The highest BCUT2D eigenvalue weighted by molar-refractivity contribution is 7.65. The molecule has 0 saturated heterocycles. The second-order valence-electron chi connectivity index (χ2n) is 7.18. The number of rotatable bonds is 6. The van der Waals surface area contributed by atoms with Crippen molar-refractivity contribution in [2.45, 2.75) is 25.6 Å². The van der Waals surface area contributed by atoms with Crippen LogP contribution in [0.5, 0.6) is 0 Å². The first-order chi connectivity index (χ1) is 14.1. The van der Waals surface area contributed by atoms with Crippen molar-refractivity contribution in [1.29, 1.82) is 0 Å². The molecule has 1 N–H and O–H groups in total. The van der Waals surface area contributed by atoms with Crippen molar-refractivity contribution in [2.75, 3.05) is 13.1 Å². The van der Waals surface area contributed by atoms with E-state index in [1.54, 1.807) is 0 Å². The van der Waals surface area contributed by atoms with Gasteiger partial charge in [-0.2, -0.15) is 0 Å². The molecule has 0 radical (unpaired) electrons. The van der Waals surface area contributed by atoms with Crippen LogP contribution in [0, 0.1) is 0 Å². The second kappa shape index (κ2) is 7.89. The highest BCUT2D eigenvalue weighted by Crippen LogP contribution is 2.65. The van der Waals surface area contributed by atoms with Crippen LogP contribution in [0.15, 0.2) is 84.9 Å². The number of nitrogens with zero attached hydrogens (tertiary/aromatic N) is 1. The summed E-state index contributed by atoms with van der Waals surface area (Å²) in [4.78, 5) is 0. The van der Waals surface area contributed by atoms with Crippen LogP contribution in [-0.4, -0.2) is 22.9 Å². The molecule has 1 aliphatic rings. The summed E-state index contributed by atoms with van der Waals surface area (Å²) >= 11 is 0. The molecule has 1 aliphatic heterocycles. The van der Waals surface area contributed by atoms with Crippen molar-refractivity contribution in [1.82, 2.24) is 4.67 Å². The third-order valence-electron chi connectivity index (χ3n) is 5.68. The minimum absolute atomic E-state index is 0.592. The molecule has 150 valence electrons. The molecule has 5 heteroatoms. The number of fused-ring (bicyclic) bond motifs is 1. The molecule has 3 aromatic carbocycles. The monoisotopic (exact) mass is 407 g/mol. The van der Waals surface area contributed by atoms with Gasteiger partial charge in [-0.3, -0.25) is 9.09 Å². The normalized spacial score (nSPS) is 24.4. The Morgan fingerprint density at radius 3 is 2.07 bits per heavy atom. The number of hydrogen-bond donors (Lipinski definition) is 1. The molecule has 1 heterocycles. The fourth-order valence-corrected chi connectivity index (χ4v) is 7.03. The highest BCUT2D eigenvalue weighted by Gasteiger charge is 2.58. The molecule has 3 unspecified atom stereocenters. The van der Waals surface area contributed by atoms with Crippen LogP contribution in [0.2, 0.25) is 0 Å². The topological polar surface area (TPSA) is 49.8 Å². The smallest absolute Gasteiger partial charge is 0.303 e. The van der Waals surface area contributed by atoms with Crippen LogP contribution < -0.4 is 5.30 Å². The lowest BCUT2D eigenvalue weighted by Gasteiger charge is -2.37. The summed E-state index contributed by atoms with van der Waals surface area (Å²) in [5.74, 6) is 0. The second-order valence-corrected chi connectivity index (χ2v) is 9.45. The molecule has 4 rings (SSSR count). The molecule has 29 heavy (non-hydrogen) atoms. The summed E-state index contributed by atoms with van der Waals surface area (Å²) in [6.07, 6.45) is -1.02. The minimum atomic E-state index is -3.36. The Morgan fingerprint density at radius 2 is 1.45 bits per heavy atom. The van der Waals surface area contributed by atoms with Crippen molar-refractivity contribution < 1.29 is 14.2 Å². The zero-order valence-corrected chi connectivity index (χ0v) is 17.6. The third-order valence-corrected chi connectivity index (χ3v) is 8.53. The standard InChI is InChI=1S/C24H26NO3P/c1-3-25(4-2)29(27)22-18-12-11-17-21(22)24(28-29,20-15-9-6-10-16-20)23(26)19-13-7-5-8-14-19/h5-18,23,26H,3-4H2,1-2H3. The lowest BCUT2D eigenvalue weighted by Crippen LogP contribution is -2.35. The van der Waals surface area contributed by atoms with Gasteiger partial charge in [-0.15, -0.1) is 0 Å². The SMILES string of the molecule is CCN(CC)P1(=O)OC(c2ccccc2)(C(O)c2ccccc2)c2ccccc21. The van der Waals surface area contributed by atoms with Gasteiger partial charge >= 0.3 is 7.52 Å². The Hall–Kier alpha value is -2.23. The lowest BCUT2D eigenvalue weighted by atomic mass is 9.79. The number of hydrogen-bond acceptors (Lipinski definition) is 3. The Morgan fingerprint density at radius 1 is 0.897 bits per heavy atom. The van der Waals surface area contributed by atoms with E-state index in [0.717, 1.165) is 16.7 Å². The summed E-state index contributed by atoms with van der Waals surface area (Å²) in [6, 6.07) is 26.7. The van der Waals surface area contributed by atoms with E-state index in [2.05, 4.69) is 0 Å². The third kappa shape index (κ3) is 3.08. The number of benzene rings is 3. The van der Waals surface area contributed by atoms with E-state index in [1.807, 2.05) is 103 Å². The maximum Gasteiger partial charge on any atom is 0.303 e. The van der Waals surface area contributed by atoms with E-state index in [-0.39, 0.29) is 0 Å². The zero-order chi connectivity index (χ0) is 20.5. The van der Waals surface area contributed by atoms with E-state index in [4.69, 9.17) is 4.52 Å². The Bertz CT molecular complexity index is 1020. The van der Waals surface area contributed by atoms with Gasteiger partial charge in [0.05, 0.1) is 5.30 Å². The van der Waals surface area contributed by atoms with Crippen molar-refractivity contribution in [2.24, 2.45) is 0 Å². The lowest BCUT2D eigenvalue weighted by molar-refractivity contribution is -0.0267. The minimum Gasteiger partial charge on any atom is -0.385 e.